The van der Waals surface area contributed by atoms with Crippen LogP contribution >= 0.6 is 11.3 Å². The second-order valence-electron chi connectivity index (χ2n) is 16.2. The molecule has 0 aliphatic heterocycles. The van der Waals surface area contributed by atoms with Gasteiger partial charge >= 0.3 is 0 Å². The molecule has 9 aromatic carbocycles. The molecule has 4 heteroatoms. The summed E-state index contributed by atoms with van der Waals surface area (Å²) < 4.78 is 2.60. The number of aromatic nitrogens is 3. The van der Waals surface area contributed by atoms with Crippen LogP contribution < -0.4 is 0 Å². The highest BCUT2D eigenvalue weighted by Gasteiger charge is 2.52. The van der Waals surface area contributed by atoms with Crippen LogP contribution in [0.4, 0.5) is 0 Å². The molecule has 0 saturated heterocycles. The van der Waals surface area contributed by atoms with Crippen LogP contribution in [0.5, 0.6) is 0 Å². The molecule has 0 fully saturated rings. The highest BCUT2D eigenvalue weighted by Crippen LogP contribution is 2.63. The summed E-state index contributed by atoms with van der Waals surface area (Å²) in [5, 5.41) is 2.59. The topological polar surface area (TPSA) is 38.7 Å². The molecule has 0 radical (unpaired) electrons. The fourth-order valence-corrected chi connectivity index (χ4v) is 11.5. The van der Waals surface area contributed by atoms with Crippen LogP contribution in [0.15, 0.2) is 212 Å². The maximum atomic E-state index is 5.38. The van der Waals surface area contributed by atoms with Crippen molar-refractivity contribution in [2.75, 3.05) is 0 Å². The number of nitrogens with zero attached hydrogens (tertiary/aromatic N) is 3. The second-order valence-corrected chi connectivity index (χ2v) is 17.3. The van der Waals surface area contributed by atoms with Crippen molar-refractivity contribution in [2.45, 2.75) is 5.41 Å². The average Bonchev–Trinajstić information content (AvgIpc) is 3.99. The Kier molecular flexibility index (Phi) is 7.69. The lowest BCUT2D eigenvalue weighted by Gasteiger charge is -2.30. The summed E-state index contributed by atoms with van der Waals surface area (Å²) in [4.78, 5) is 16.0. The number of hydrogen-bond donors (Lipinski definition) is 0. The summed E-state index contributed by atoms with van der Waals surface area (Å²) in [6.45, 7) is 0. The van der Waals surface area contributed by atoms with Gasteiger partial charge in [-0.2, -0.15) is 0 Å². The number of thiophene rings is 1. The SMILES string of the molecule is c1ccc(-c2ccc(-c3nc(-c4ccc(-c5cccc6c5sc5ccccc56)cc4)nc(-c4cccc5c4-c4ccccc4C54c5ccccc5-c5ccccc54)n3)cc2)cc1. The van der Waals surface area contributed by atoms with Gasteiger partial charge in [0.25, 0.3) is 0 Å². The Labute approximate surface area is 363 Å². The molecule has 288 valence electrons. The smallest absolute Gasteiger partial charge is 0.164 e. The van der Waals surface area contributed by atoms with Crippen LogP contribution in [-0.4, -0.2) is 15.0 Å². The van der Waals surface area contributed by atoms with E-state index in [1.54, 1.807) is 0 Å². The summed E-state index contributed by atoms with van der Waals surface area (Å²) in [7, 11) is 0. The lowest BCUT2D eigenvalue weighted by Crippen LogP contribution is -2.25. The molecule has 1 spiro atoms. The van der Waals surface area contributed by atoms with E-state index < -0.39 is 5.41 Å². The largest absolute Gasteiger partial charge is 0.208 e. The van der Waals surface area contributed by atoms with E-state index in [0.29, 0.717) is 17.5 Å². The van der Waals surface area contributed by atoms with Crippen LogP contribution in [0.3, 0.4) is 0 Å². The van der Waals surface area contributed by atoms with Gasteiger partial charge in [-0.1, -0.05) is 206 Å². The molecule has 62 heavy (non-hydrogen) atoms. The average molecular weight is 806 g/mol. The monoisotopic (exact) mass is 805 g/mol. The molecule has 11 aromatic rings. The zero-order valence-electron chi connectivity index (χ0n) is 33.5. The van der Waals surface area contributed by atoms with Crippen LogP contribution in [0, 0.1) is 0 Å². The molecule has 0 unspecified atom stereocenters. The Bertz CT molecular complexity index is 3520. The Balaban J connectivity index is 1.00. The molecule has 0 atom stereocenters. The molecular formula is C58H35N3S. The van der Waals surface area contributed by atoms with E-state index in [1.807, 2.05) is 17.4 Å². The first-order valence-electron chi connectivity index (χ1n) is 21.1. The Morgan fingerprint density at radius 2 is 0.742 bits per heavy atom. The predicted octanol–water partition coefficient (Wildman–Crippen LogP) is 14.9. The number of hydrogen-bond acceptors (Lipinski definition) is 4. The van der Waals surface area contributed by atoms with E-state index in [2.05, 4.69) is 206 Å². The van der Waals surface area contributed by atoms with Crippen molar-refractivity contribution in [3.63, 3.8) is 0 Å². The summed E-state index contributed by atoms with van der Waals surface area (Å²) >= 11 is 1.85. The van der Waals surface area contributed by atoms with Crippen molar-refractivity contribution >= 4 is 31.5 Å². The molecule has 0 bridgehead atoms. The summed E-state index contributed by atoms with van der Waals surface area (Å²) in [5.74, 6) is 1.93. The van der Waals surface area contributed by atoms with Crippen molar-refractivity contribution in [1.29, 1.82) is 0 Å². The fraction of sp³-hybridized carbons (Fsp3) is 0.0172. The zero-order chi connectivity index (χ0) is 40.8. The molecular weight excluding hydrogens is 771 g/mol. The van der Waals surface area contributed by atoms with E-state index in [0.717, 1.165) is 27.8 Å². The first-order chi connectivity index (χ1) is 30.7. The molecule has 3 nitrogen and oxygen atoms in total. The molecule has 0 saturated carbocycles. The summed E-state index contributed by atoms with van der Waals surface area (Å²) in [5.41, 5.74) is 17.2. The van der Waals surface area contributed by atoms with Crippen LogP contribution in [-0.2, 0) is 5.41 Å². The fourth-order valence-electron chi connectivity index (χ4n) is 10.3. The van der Waals surface area contributed by atoms with Crippen LogP contribution in [0.25, 0.3) is 98.8 Å². The minimum Gasteiger partial charge on any atom is -0.208 e. The standard InChI is InChI=1S/C58H35N3S/c1-2-14-36(15-3-1)37-28-32-39(33-29-37)55-59-56(40-34-30-38(31-35-40)41-20-12-21-45-44-18-7-11-27-52(44)62-54(41)45)61-57(60-55)47-22-13-26-51-53(47)46-19-6-10-25-50(46)58(51)48-23-8-4-16-42(48)43-17-5-9-24-49(43)58/h1-35H. The molecule has 2 aromatic heterocycles. The van der Waals surface area contributed by atoms with E-state index in [1.165, 1.54) is 75.8 Å². The van der Waals surface area contributed by atoms with E-state index in [-0.39, 0.29) is 0 Å². The van der Waals surface area contributed by atoms with Gasteiger partial charge < -0.3 is 0 Å². The molecule has 2 aliphatic carbocycles. The lowest BCUT2D eigenvalue weighted by atomic mass is 9.70. The minimum atomic E-state index is -0.464. The lowest BCUT2D eigenvalue weighted by molar-refractivity contribution is 0.794. The first kappa shape index (κ1) is 35.0. The maximum Gasteiger partial charge on any atom is 0.164 e. The van der Waals surface area contributed by atoms with E-state index >= 15 is 0 Å². The number of benzene rings is 9. The van der Waals surface area contributed by atoms with E-state index in [9.17, 15) is 0 Å². The van der Waals surface area contributed by atoms with Crippen molar-refractivity contribution in [3.8, 4) is 78.7 Å². The predicted molar refractivity (Wildman–Crippen MR) is 256 cm³/mol. The van der Waals surface area contributed by atoms with Gasteiger partial charge in [0.15, 0.2) is 17.5 Å². The first-order valence-corrected chi connectivity index (χ1v) is 21.9. The van der Waals surface area contributed by atoms with Gasteiger partial charge in [-0.3, -0.25) is 0 Å². The van der Waals surface area contributed by atoms with Crippen molar-refractivity contribution < 1.29 is 0 Å². The highest BCUT2D eigenvalue weighted by molar-refractivity contribution is 7.26. The molecule has 13 rings (SSSR count). The quantitative estimate of drug-likeness (QED) is 0.174. The zero-order valence-corrected chi connectivity index (χ0v) is 34.3. The Morgan fingerprint density at radius 3 is 1.44 bits per heavy atom. The van der Waals surface area contributed by atoms with Crippen LogP contribution in [0.1, 0.15) is 22.3 Å². The molecule has 2 heterocycles. The molecule has 2 aliphatic rings. The third kappa shape index (κ3) is 5.08. The number of fused-ring (bicyclic) bond motifs is 13. The van der Waals surface area contributed by atoms with Gasteiger partial charge in [-0.05, 0) is 72.8 Å². The van der Waals surface area contributed by atoms with Crippen molar-refractivity contribution in [1.82, 2.24) is 15.0 Å². The summed E-state index contributed by atoms with van der Waals surface area (Å²) in [6.07, 6.45) is 0. The van der Waals surface area contributed by atoms with Crippen LogP contribution in [0.2, 0.25) is 0 Å². The summed E-state index contributed by atoms with van der Waals surface area (Å²) in [6, 6.07) is 76.6. The van der Waals surface area contributed by atoms with Gasteiger partial charge in [0.2, 0.25) is 0 Å². The molecule has 0 N–H and O–H groups in total. The van der Waals surface area contributed by atoms with Gasteiger partial charge in [-0.25, -0.2) is 15.0 Å². The van der Waals surface area contributed by atoms with E-state index in [4.69, 9.17) is 15.0 Å². The third-order valence-corrected chi connectivity index (χ3v) is 14.2. The van der Waals surface area contributed by atoms with Gasteiger partial charge in [0.05, 0.1) is 5.41 Å². The van der Waals surface area contributed by atoms with Gasteiger partial charge in [0, 0.05) is 36.9 Å². The molecule has 0 amide bonds. The third-order valence-electron chi connectivity index (χ3n) is 13.0. The highest BCUT2D eigenvalue weighted by atomic mass is 32.1. The second kappa shape index (κ2) is 13.6. The normalized spacial score (nSPS) is 13.0. The van der Waals surface area contributed by atoms with Crippen molar-refractivity contribution in [2.24, 2.45) is 0 Å². The Morgan fingerprint density at radius 1 is 0.290 bits per heavy atom. The minimum absolute atomic E-state index is 0.464. The van der Waals surface area contributed by atoms with Gasteiger partial charge in [0.1, 0.15) is 0 Å². The Hall–Kier alpha value is -7.79. The maximum absolute atomic E-state index is 5.38. The van der Waals surface area contributed by atoms with Gasteiger partial charge in [-0.15, -0.1) is 11.3 Å². The number of rotatable bonds is 5. The van der Waals surface area contributed by atoms with Crippen molar-refractivity contribution in [3.05, 3.63) is 235 Å².